The Labute approximate surface area is 172 Å². The molecule has 0 saturated heterocycles. The Morgan fingerprint density at radius 3 is 2.28 bits per heavy atom. The van der Waals surface area contributed by atoms with E-state index in [1.54, 1.807) is 6.07 Å². The molecule has 0 atom stereocenters. The Morgan fingerprint density at radius 1 is 1.21 bits per heavy atom. The van der Waals surface area contributed by atoms with Crippen LogP contribution in [0.5, 0.6) is 0 Å². The summed E-state index contributed by atoms with van der Waals surface area (Å²) in [7, 11) is 0. The van der Waals surface area contributed by atoms with Crippen LogP contribution in [0.2, 0.25) is 0 Å². The van der Waals surface area contributed by atoms with E-state index in [4.69, 9.17) is 4.74 Å². The Balaban J connectivity index is 2.38. The summed E-state index contributed by atoms with van der Waals surface area (Å²) in [5.74, 6) is -0.377. The number of benzene rings is 1. The Morgan fingerprint density at radius 2 is 1.79 bits per heavy atom. The van der Waals surface area contributed by atoms with Gasteiger partial charge in [0.1, 0.15) is 11.4 Å². The predicted molar refractivity (Wildman–Crippen MR) is 111 cm³/mol. The van der Waals surface area contributed by atoms with E-state index in [2.05, 4.69) is 0 Å². The second kappa shape index (κ2) is 7.84. The van der Waals surface area contributed by atoms with Gasteiger partial charge in [-0.2, -0.15) is 0 Å². The van der Waals surface area contributed by atoms with Gasteiger partial charge in [-0.1, -0.05) is 13.8 Å². The second-order valence-corrected chi connectivity index (χ2v) is 9.23. The lowest BCUT2D eigenvalue weighted by atomic mass is 9.85. The number of carbonyl (C=O) groups is 2. The third-order valence-corrected chi connectivity index (χ3v) is 5.80. The van der Waals surface area contributed by atoms with Crippen molar-refractivity contribution in [3.8, 4) is 0 Å². The van der Waals surface area contributed by atoms with Crippen molar-refractivity contribution in [3.05, 3.63) is 29.6 Å². The zero-order valence-electron chi connectivity index (χ0n) is 18.5. The maximum Gasteiger partial charge on any atom is 0.415 e. The van der Waals surface area contributed by atoms with Crippen LogP contribution in [0.25, 0.3) is 0 Å². The summed E-state index contributed by atoms with van der Waals surface area (Å²) in [4.78, 5) is 27.7. The molecular formula is C22H33FN2O4. The first kappa shape index (κ1) is 23.0. The van der Waals surface area contributed by atoms with Crippen LogP contribution in [0.3, 0.4) is 0 Å². The monoisotopic (exact) mass is 408 g/mol. The number of halogens is 1. The zero-order valence-corrected chi connectivity index (χ0v) is 18.5. The van der Waals surface area contributed by atoms with Crippen LogP contribution < -0.4 is 4.90 Å². The van der Waals surface area contributed by atoms with Gasteiger partial charge in [0.05, 0.1) is 5.69 Å². The van der Waals surface area contributed by atoms with E-state index in [-0.39, 0.29) is 12.4 Å². The van der Waals surface area contributed by atoms with Gasteiger partial charge in [-0.3, -0.25) is 9.80 Å². The Hall–Kier alpha value is -2.31. The van der Waals surface area contributed by atoms with Crippen LogP contribution in [0.1, 0.15) is 73.3 Å². The van der Waals surface area contributed by atoms with Crippen molar-refractivity contribution in [2.45, 2.75) is 84.4 Å². The number of rotatable bonds is 6. The summed E-state index contributed by atoms with van der Waals surface area (Å²) in [6, 6.07) is 4.38. The predicted octanol–water partition coefficient (Wildman–Crippen LogP) is 5.74. The van der Waals surface area contributed by atoms with E-state index in [9.17, 15) is 19.1 Å². The SMILES string of the molecule is CCC1(CC)OC(=O)N(CCC(C)(C)N(C(=O)O)C(C)(C)C)c2ccc(F)cc21. The number of hydrogen-bond donors (Lipinski definition) is 1. The number of hydrogen-bond acceptors (Lipinski definition) is 3. The average molecular weight is 409 g/mol. The number of amides is 2. The standard InChI is InChI=1S/C22H33FN2O4/c1-8-22(9-2)16-14-15(23)10-11-17(16)24(19(28)29-22)13-12-21(6,7)25(18(26)27)20(3,4)5/h10-11,14H,8-9,12-13H2,1-7H3,(H,26,27). The lowest BCUT2D eigenvalue weighted by Gasteiger charge is -2.47. The van der Waals surface area contributed by atoms with Crippen molar-refractivity contribution < 1.29 is 23.8 Å². The number of anilines is 1. The first-order valence-corrected chi connectivity index (χ1v) is 10.1. The highest BCUT2D eigenvalue weighted by Crippen LogP contribution is 2.44. The van der Waals surface area contributed by atoms with Crippen LogP contribution in [-0.2, 0) is 10.3 Å². The highest BCUT2D eigenvalue weighted by Gasteiger charge is 2.44. The molecule has 162 valence electrons. The molecular weight excluding hydrogens is 375 g/mol. The molecule has 0 fully saturated rings. The number of nitrogens with zero attached hydrogens (tertiary/aromatic N) is 2. The molecule has 1 aliphatic rings. The summed E-state index contributed by atoms with van der Waals surface area (Å²) in [6.07, 6.45) is -0.0133. The molecule has 0 aliphatic carbocycles. The van der Waals surface area contributed by atoms with Crippen molar-refractivity contribution in [2.24, 2.45) is 0 Å². The highest BCUT2D eigenvalue weighted by atomic mass is 19.1. The molecule has 6 nitrogen and oxygen atoms in total. The topological polar surface area (TPSA) is 70.1 Å². The van der Waals surface area contributed by atoms with Gasteiger partial charge in [0.25, 0.3) is 0 Å². The molecule has 0 bridgehead atoms. The fourth-order valence-corrected chi connectivity index (χ4v) is 4.42. The molecule has 0 aromatic heterocycles. The summed E-state index contributed by atoms with van der Waals surface area (Å²) >= 11 is 0. The van der Waals surface area contributed by atoms with Gasteiger partial charge >= 0.3 is 12.2 Å². The van der Waals surface area contributed by atoms with Crippen molar-refractivity contribution in [3.63, 3.8) is 0 Å². The maximum absolute atomic E-state index is 14.0. The number of ether oxygens (including phenoxy) is 1. The van der Waals surface area contributed by atoms with Gasteiger partial charge in [0.2, 0.25) is 0 Å². The minimum Gasteiger partial charge on any atom is -0.465 e. The zero-order chi connectivity index (χ0) is 22.2. The van der Waals surface area contributed by atoms with Crippen LogP contribution in [0, 0.1) is 5.82 Å². The molecule has 0 radical (unpaired) electrons. The van der Waals surface area contributed by atoms with Crippen molar-refractivity contribution >= 4 is 17.9 Å². The number of cyclic esters (lactones) is 1. The molecule has 1 aromatic carbocycles. The molecule has 1 heterocycles. The summed E-state index contributed by atoms with van der Waals surface area (Å²) < 4.78 is 19.8. The molecule has 7 heteroatoms. The average Bonchev–Trinajstić information content (AvgIpc) is 2.58. The molecule has 2 rings (SSSR count). The normalized spacial score (nSPS) is 16.3. The minimum atomic E-state index is -1.01. The summed E-state index contributed by atoms with van der Waals surface area (Å²) in [5.41, 5.74) is -0.892. The van der Waals surface area contributed by atoms with Gasteiger partial charge in [-0.05, 0) is 72.1 Å². The quantitative estimate of drug-likeness (QED) is 0.651. The van der Waals surface area contributed by atoms with Crippen molar-refractivity contribution in [1.82, 2.24) is 4.90 Å². The first-order chi connectivity index (χ1) is 13.3. The van der Waals surface area contributed by atoms with Crippen LogP contribution in [0.4, 0.5) is 19.7 Å². The van der Waals surface area contributed by atoms with Gasteiger partial charge in [-0.15, -0.1) is 0 Å². The molecule has 0 saturated carbocycles. The van der Waals surface area contributed by atoms with Crippen LogP contribution >= 0.6 is 0 Å². The van der Waals surface area contributed by atoms with Gasteiger partial charge in [0.15, 0.2) is 0 Å². The van der Waals surface area contributed by atoms with Gasteiger partial charge < -0.3 is 9.84 Å². The molecule has 0 spiro atoms. The van der Waals surface area contributed by atoms with Crippen LogP contribution in [0.15, 0.2) is 18.2 Å². The molecule has 1 aliphatic heterocycles. The maximum atomic E-state index is 14.0. The Bertz CT molecular complexity index is 782. The molecule has 1 aromatic rings. The lowest BCUT2D eigenvalue weighted by Crippen LogP contribution is -2.58. The Kier molecular flexibility index (Phi) is 6.21. The minimum absolute atomic E-state index is 0.258. The number of carbonyl (C=O) groups excluding carboxylic acids is 1. The van der Waals surface area contributed by atoms with E-state index in [0.717, 1.165) is 0 Å². The fraction of sp³-hybridized carbons (Fsp3) is 0.636. The molecule has 1 N–H and O–H groups in total. The smallest absolute Gasteiger partial charge is 0.415 e. The molecule has 29 heavy (non-hydrogen) atoms. The van der Waals surface area contributed by atoms with Crippen molar-refractivity contribution in [1.29, 1.82) is 0 Å². The summed E-state index contributed by atoms with van der Waals surface area (Å²) in [6.45, 7) is 13.3. The summed E-state index contributed by atoms with van der Waals surface area (Å²) in [5, 5.41) is 9.73. The van der Waals surface area contributed by atoms with Gasteiger partial charge in [0, 0.05) is 23.2 Å². The van der Waals surface area contributed by atoms with Crippen LogP contribution in [-0.4, -0.2) is 39.8 Å². The van der Waals surface area contributed by atoms with E-state index in [1.165, 1.54) is 21.9 Å². The van der Waals surface area contributed by atoms with E-state index >= 15 is 0 Å². The van der Waals surface area contributed by atoms with Gasteiger partial charge in [-0.25, -0.2) is 14.0 Å². The largest absolute Gasteiger partial charge is 0.465 e. The second-order valence-electron chi connectivity index (χ2n) is 9.23. The lowest BCUT2D eigenvalue weighted by molar-refractivity contribution is -0.00254. The van der Waals surface area contributed by atoms with E-state index in [1.807, 2.05) is 48.5 Å². The van der Waals surface area contributed by atoms with E-state index < -0.39 is 28.9 Å². The fourth-order valence-electron chi connectivity index (χ4n) is 4.42. The number of fused-ring (bicyclic) bond motifs is 1. The van der Waals surface area contributed by atoms with E-state index in [0.29, 0.717) is 30.5 Å². The molecule has 2 amide bonds. The third kappa shape index (κ3) is 4.33. The first-order valence-electron chi connectivity index (χ1n) is 10.1. The molecule has 0 unspecified atom stereocenters. The van der Waals surface area contributed by atoms with Crippen molar-refractivity contribution in [2.75, 3.05) is 11.4 Å². The third-order valence-electron chi connectivity index (χ3n) is 5.80. The number of carboxylic acid groups (broad SMARTS) is 1. The highest BCUT2D eigenvalue weighted by molar-refractivity contribution is 5.91.